The first-order valence-corrected chi connectivity index (χ1v) is 9.92. The van der Waals surface area contributed by atoms with Gasteiger partial charge in [-0.15, -0.1) is 11.3 Å². The molecule has 0 aliphatic carbocycles. The largest absolute Gasteiger partial charge is 0.497 e. The summed E-state index contributed by atoms with van der Waals surface area (Å²) in [4.78, 5) is 5.96. The van der Waals surface area contributed by atoms with Gasteiger partial charge in [-0.3, -0.25) is 4.99 Å². The molecule has 0 aliphatic heterocycles. The highest BCUT2D eigenvalue weighted by Crippen LogP contribution is 2.26. The standard InChI is InChI=1S/C20H29N3O3S/c1-5-21-20(22-12-14(2)19-7-6-8-27-19)23-13-18(24)15-9-16(25-3)11-17(10-15)26-4/h6-11,14,18,24H,5,12-13H2,1-4H3,(H2,21,22,23). The molecule has 148 valence electrons. The van der Waals surface area contributed by atoms with Crippen LogP contribution in [0.2, 0.25) is 0 Å². The highest BCUT2D eigenvalue weighted by Gasteiger charge is 2.12. The van der Waals surface area contributed by atoms with E-state index < -0.39 is 6.10 Å². The average Bonchev–Trinajstić information content (AvgIpc) is 3.24. The van der Waals surface area contributed by atoms with E-state index in [1.165, 1.54) is 4.88 Å². The van der Waals surface area contributed by atoms with E-state index in [1.54, 1.807) is 43.8 Å². The molecule has 0 saturated carbocycles. The zero-order chi connectivity index (χ0) is 19.6. The fraction of sp³-hybridized carbons (Fsp3) is 0.450. The molecule has 0 fully saturated rings. The van der Waals surface area contributed by atoms with Gasteiger partial charge in [-0.2, -0.15) is 0 Å². The maximum Gasteiger partial charge on any atom is 0.191 e. The van der Waals surface area contributed by atoms with E-state index in [0.29, 0.717) is 36.5 Å². The Hall–Kier alpha value is -2.25. The Kier molecular flexibility index (Phi) is 8.42. The lowest BCUT2D eigenvalue weighted by molar-refractivity contribution is 0.180. The first-order chi connectivity index (χ1) is 13.1. The molecule has 0 spiro atoms. The van der Waals surface area contributed by atoms with Crippen LogP contribution in [0.1, 0.15) is 36.3 Å². The van der Waals surface area contributed by atoms with Crippen LogP contribution in [0.4, 0.5) is 0 Å². The van der Waals surface area contributed by atoms with Crippen molar-refractivity contribution in [1.29, 1.82) is 0 Å². The molecule has 6 nitrogen and oxygen atoms in total. The van der Waals surface area contributed by atoms with Crippen LogP contribution < -0.4 is 20.1 Å². The summed E-state index contributed by atoms with van der Waals surface area (Å²) in [5.41, 5.74) is 0.724. The van der Waals surface area contributed by atoms with Gasteiger partial charge in [0, 0.05) is 30.0 Å². The average molecular weight is 392 g/mol. The molecule has 3 N–H and O–H groups in total. The van der Waals surface area contributed by atoms with Crippen molar-refractivity contribution in [2.75, 3.05) is 33.9 Å². The summed E-state index contributed by atoms with van der Waals surface area (Å²) in [6.45, 7) is 5.94. The van der Waals surface area contributed by atoms with Crippen molar-refractivity contribution in [2.24, 2.45) is 4.99 Å². The van der Waals surface area contributed by atoms with Crippen LogP contribution in [0.25, 0.3) is 0 Å². The van der Waals surface area contributed by atoms with Gasteiger partial charge in [0.15, 0.2) is 5.96 Å². The third-order valence-corrected chi connectivity index (χ3v) is 5.22. The minimum atomic E-state index is -0.715. The number of aliphatic imine (C=N–C) groups is 1. The van der Waals surface area contributed by atoms with Crippen molar-refractivity contribution in [2.45, 2.75) is 25.9 Å². The molecule has 1 aromatic carbocycles. The molecule has 0 amide bonds. The van der Waals surface area contributed by atoms with Gasteiger partial charge < -0.3 is 25.2 Å². The summed E-state index contributed by atoms with van der Waals surface area (Å²) in [6.07, 6.45) is -0.715. The number of ether oxygens (including phenoxy) is 2. The summed E-state index contributed by atoms with van der Waals surface area (Å²) in [5, 5.41) is 19.1. The van der Waals surface area contributed by atoms with E-state index in [4.69, 9.17) is 9.47 Å². The normalized spacial score (nSPS) is 13.7. The van der Waals surface area contributed by atoms with E-state index in [9.17, 15) is 5.11 Å². The zero-order valence-electron chi connectivity index (χ0n) is 16.4. The molecule has 2 atom stereocenters. The van der Waals surface area contributed by atoms with Crippen LogP contribution in [0.3, 0.4) is 0 Å². The second kappa shape index (κ2) is 10.8. The van der Waals surface area contributed by atoms with Crippen LogP contribution in [-0.2, 0) is 0 Å². The summed E-state index contributed by atoms with van der Waals surface area (Å²) in [6, 6.07) is 9.57. The molecule has 0 saturated heterocycles. The predicted octanol–water partition coefficient (Wildman–Crippen LogP) is 3.16. The molecule has 1 heterocycles. The minimum Gasteiger partial charge on any atom is -0.497 e. The summed E-state index contributed by atoms with van der Waals surface area (Å²) < 4.78 is 10.5. The number of nitrogens with one attached hydrogen (secondary N) is 2. The number of hydrogen-bond donors (Lipinski definition) is 3. The Labute approximate surface area is 165 Å². The van der Waals surface area contributed by atoms with Crippen molar-refractivity contribution in [3.05, 3.63) is 46.2 Å². The molecule has 2 aromatic rings. The van der Waals surface area contributed by atoms with E-state index >= 15 is 0 Å². The Morgan fingerprint density at radius 3 is 2.44 bits per heavy atom. The van der Waals surface area contributed by atoms with Crippen molar-refractivity contribution < 1.29 is 14.6 Å². The Balaban J connectivity index is 1.99. The van der Waals surface area contributed by atoms with Crippen LogP contribution in [-0.4, -0.2) is 44.9 Å². The number of benzene rings is 1. The number of aliphatic hydroxyl groups excluding tert-OH is 1. The molecule has 0 aliphatic rings. The van der Waals surface area contributed by atoms with Crippen molar-refractivity contribution >= 4 is 17.3 Å². The highest BCUT2D eigenvalue weighted by molar-refractivity contribution is 7.10. The summed E-state index contributed by atoms with van der Waals surface area (Å²) >= 11 is 1.74. The van der Waals surface area contributed by atoms with Crippen LogP contribution in [0.15, 0.2) is 40.7 Å². The van der Waals surface area contributed by atoms with Crippen LogP contribution in [0, 0.1) is 0 Å². The quantitative estimate of drug-likeness (QED) is 0.452. The maximum atomic E-state index is 10.6. The lowest BCUT2D eigenvalue weighted by atomic mass is 10.1. The number of guanidine groups is 1. The van der Waals surface area contributed by atoms with E-state index in [0.717, 1.165) is 12.1 Å². The molecule has 2 unspecified atom stereocenters. The Bertz CT molecular complexity index is 697. The van der Waals surface area contributed by atoms with Crippen molar-refractivity contribution in [3.63, 3.8) is 0 Å². The lowest BCUT2D eigenvalue weighted by Gasteiger charge is -2.17. The first-order valence-electron chi connectivity index (χ1n) is 9.04. The Morgan fingerprint density at radius 1 is 1.19 bits per heavy atom. The smallest absolute Gasteiger partial charge is 0.191 e. The predicted molar refractivity (Wildman–Crippen MR) is 111 cm³/mol. The number of methoxy groups -OCH3 is 2. The van der Waals surface area contributed by atoms with Gasteiger partial charge in [-0.25, -0.2) is 0 Å². The third-order valence-electron chi connectivity index (χ3n) is 4.12. The maximum absolute atomic E-state index is 10.6. The third kappa shape index (κ3) is 6.45. The molecular weight excluding hydrogens is 362 g/mol. The highest BCUT2D eigenvalue weighted by atomic mass is 32.1. The Morgan fingerprint density at radius 2 is 1.89 bits per heavy atom. The second-order valence-corrected chi connectivity index (χ2v) is 7.16. The van der Waals surface area contributed by atoms with Gasteiger partial charge in [0.2, 0.25) is 0 Å². The van der Waals surface area contributed by atoms with Gasteiger partial charge in [-0.05, 0) is 36.1 Å². The van der Waals surface area contributed by atoms with Gasteiger partial charge in [0.25, 0.3) is 0 Å². The SMILES string of the molecule is CCNC(=NCC(C)c1cccs1)NCC(O)c1cc(OC)cc(OC)c1. The van der Waals surface area contributed by atoms with E-state index in [-0.39, 0.29) is 0 Å². The van der Waals surface area contributed by atoms with Gasteiger partial charge in [0.05, 0.1) is 26.9 Å². The van der Waals surface area contributed by atoms with Crippen LogP contribution in [0.5, 0.6) is 11.5 Å². The number of nitrogens with zero attached hydrogens (tertiary/aromatic N) is 1. The first kappa shape index (κ1) is 21.1. The topological polar surface area (TPSA) is 75.1 Å². The fourth-order valence-electron chi connectivity index (χ4n) is 2.56. The number of aliphatic hydroxyl groups is 1. The van der Waals surface area contributed by atoms with Gasteiger partial charge in [0.1, 0.15) is 11.5 Å². The molecular formula is C20H29N3O3S. The van der Waals surface area contributed by atoms with Crippen LogP contribution >= 0.6 is 11.3 Å². The molecule has 7 heteroatoms. The summed E-state index contributed by atoms with van der Waals surface area (Å²) in [7, 11) is 3.18. The molecule has 1 aromatic heterocycles. The fourth-order valence-corrected chi connectivity index (χ4v) is 3.34. The monoisotopic (exact) mass is 391 g/mol. The van der Waals surface area contributed by atoms with E-state index in [1.807, 2.05) is 6.92 Å². The van der Waals surface area contributed by atoms with Crippen molar-refractivity contribution in [1.82, 2.24) is 10.6 Å². The molecule has 0 radical (unpaired) electrons. The van der Waals surface area contributed by atoms with E-state index in [2.05, 4.69) is 40.1 Å². The number of rotatable bonds is 9. The summed E-state index contributed by atoms with van der Waals surface area (Å²) in [5.74, 6) is 2.34. The molecule has 2 rings (SSSR count). The van der Waals surface area contributed by atoms with Gasteiger partial charge in [-0.1, -0.05) is 13.0 Å². The zero-order valence-corrected chi connectivity index (χ0v) is 17.2. The minimum absolute atomic E-state index is 0.329. The van der Waals surface area contributed by atoms with Gasteiger partial charge >= 0.3 is 0 Å². The van der Waals surface area contributed by atoms with Crippen molar-refractivity contribution in [3.8, 4) is 11.5 Å². The molecule has 0 bridgehead atoms. The number of thiophene rings is 1. The lowest BCUT2D eigenvalue weighted by Crippen LogP contribution is -2.39. The molecule has 27 heavy (non-hydrogen) atoms. The second-order valence-electron chi connectivity index (χ2n) is 6.18. The number of hydrogen-bond acceptors (Lipinski definition) is 5.